The standard InChI is InChI=1S/C36H46N4O7/c1-24-20-40(25(2)23-41)35(43)31-19-30(38-34(42)28-14-16-37-17-15-28)12-13-32(31)47-26(3)7-5-6-18-46-33(24)22-39(4)21-27-8-10-29(11-9-27)36(44)45/h8-17,19,24-26,33,41H,5-7,18,20-23H2,1-4H3,(H,38,42)(H,44,45)/t24-,25-,26+,33-/m1/s1. The highest BCUT2D eigenvalue weighted by molar-refractivity contribution is 6.05. The Morgan fingerprint density at radius 1 is 1.06 bits per heavy atom. The second kappa shape index (κ2) is 17.0. The van der Waals surface area contributed by atoms with Gasteiger partial charge in [0.05, 0.1) is 36.0 Å². The van der Waals surface area contributed by atoms with Crippen molar-refractivity contribution < 1.29 is 34.1 Å². The highest BCUT2D eigenvalue weighted by Crippen LogP contribution is 2.29. The zero-order chi connectivity index (χ0) is 33.9. The van der Waals surface area contributed by atoms with Crippen LogP contribution in [0.25, 0.3) is 0 Å². The summed E-state index contributed by atoms with van der Waals surface area (Å²) in [4.78, 5) is 46.2. The van der Waals surface area contributed by atoms with E-state index in [1.165, 1.54) is 0 Å². The SMILES string of the molecule is C[C@@H]1CN([C@H](C)CO)C(=O)c2cc(NC(=O)c3ccncc3)ccc2O[C@@H](C)CCCCO[C@@H]1CN(C)Cc1ccc(C(=O)O)cc1. The number of carboxylic acid groups (broad SMARTS) is 1. The molecule has 2 heterocycles. The van der Waals surface area contributed by atoms with Gasteiger partial charge in [0.1, 0.15) is 5.75 Å². The van der Waals surface area contributed by atoms with Gasteiger partial charge in [0.25, 0.3) is 11.8 Å². The van der Waals surface area contributed by atoms with E-state index in [0.717, 1.165) is 24.8 Å². The number of carboxylic acids is 1. The van der Waals surface area contributed by atoms with E-state index in [1.54, 1.807) is 66.7 Å². The summed E-state index contributed by atoms with van der Waals surface area (Å²) in [5.74, 6) is -1.29. The molecule has 0 saturated heterocycles. The van der Waals surface area contributed by atoms with Crippen molar-refractivity contribution >= 4 is 23.5 Å². The Hall–Kier alpha value is -4.32. The minimum atomic E-state index is -0.961. The topological polar surface area (TPSA) is 142 Å². The first-order valence-electron chi connectivity index (χ1n) is 16.1. The maximum atomic E-state index is 14.3. The van der Waals surface area contributed by atoms with E-state index in [-0.39, 0.29) is 42.1 Å². The molecule has 11 heteroatoms. The number of aromatic nitrogens is 1. The third kappa shape index (κ3) is 10.1. The van der Waals surface area contributed by atoms with Crippen molar-refractivity contribution in [1.82, 2.24) is 14.8 Å². The molecule has 1 aliphatic rings. The van der Waals surface area contributed by atoms with Crippen LogP contribution in [0.5, 0.6) is 5.75 Å². The number of pyridine rings is 1. The number of aliphatic hydroxyl groups is 1. The van der Waals surface area contributed by atoms with E-state index in [2.05, 4.69) is 15.2 Å². The van der Waals surface area contributed by atoms with Crippen LogP contribution in [0.1, 0.15) is 76.7 Å². The number of rotatable bonds is 9. The molecule has 1 aromatic heterocycles. The van der Waals surface area contributed by atoms with Gasteiger partial charge in [-0.05, 0) is 88.2 Å². The van der Waals surface area contributed by atoms with E-state index in [4.69, 9.17) is 9.47 Å². The molecule has 3 aromatic rings. The van der Waals surface area contributed by atoms with Crippen molar-refractivity contribution in [2.45, 2.75) is 64.8 Å². The third-order valence-electron chi connectivity index (χ3n) is 8.40. The van der Waals surface area contributed by atoms with E-state index >= 15 is 0 Å². The van der Waals surface area contributed by atoms with Crippen LogP contribution in [-0.4, -0.2) is 94.4 Å². The summed E-state index contributed by atoms with van der Waals surface area (Å²) in [5, 5.41) is 22.3. The van der Waals surface area contributed by atoms with Crippen molar-refractivity contribution in [2.75, 3.05) is 38.7 Å². The Morgan fingerprint density at radius 2 is 1.79 bits per heavy atom. The van der Waals surface area contributed by atoms with Gasteiger partial charge < -0.3 is 29.9 Å². The number of carbonyl (C=O) groups is 3. The predicted octanol–water partition coefficient (Wildman–Crippen LogP) is 4.96. The van der Waals surface area contributed by atoms with Crippen molar-refractivity contribution in [3.8, 4) is 5.75 Å². The minimum Gasteiger partial charge on any atom is -0.490 e. The molecule has 4 rings (SSSR count). The highest BCUT2D eigenvalue weighted by Gasteiger charge is 2.30. The molecule has 252 valence electrons. The lowest BCUT2D eigenvalue weighted by atomic mass is 10.0. The number of hydrogen-bond acceptors (Lipinski definition) is 8. The summed E-state index contributed by atoms with van der Waals surface area (Å²) in [5.41, 5.74) is 2.41. The normalized spacial score (nSPS) is 20.1. The fraction of sp³-hybridized carbons (Fsp3) is 0.444. The quantitative estimate of drug-likeness (QED) is 0.294. The molecule has 11 nitrogen and oxygen atoms in total. The van der Waals surface area contributed by atoms with Gasteiger partial charge in [0.15, 0.2) is 0 Å². The molecule has 0 radical (unpaired) electrons. The first-order valence-corrected chi connectivity index (χ1v) is 16.1. The molecule has 0 aliphatic carbocycles. The largest absolute Gasteiger partial charge is 0.490 e. The lowest BCUT2D eigenvalue weighted by Crippen LogP contribution is -2.47. The number of aliphatic hydroxyl groups excluding tert-OH is 1. The number of hydrogen-bond donors (Lipinski definition) is 3. The van der Waals surface area contributed by atoms with Gasteiger partial charge in [-0.25, -0.2) is 4.79 Å². The van der Waals surface area contributed by atoms with Crippen LogP contribution < -0.4 is 10.1 Å². The molecule has 1 aliphatic heterocycles. The first kappa shape index (κ1) is 35.5. The van der Waals surface area contributed by atoms with Gasteiger partial charge in [-0.1, -0.05) is 19.1 Å². The molecule has 0 fully saturated rings. The number of aromatic carboxylic acids is 1. The molecule has 47 heavy (non-hydrogen) atoms. The number of carbonyl (C=O) groups excluding carboxylic acids is 2. The Kier molecular flexibility index (Phi) is 12.9. The zero-order valence-corrected chi connectivity index (χ0v) is 27.6. The van der Waals surface area contributed by atoms with E-state index in [9.17, 15) is 24.6 Å². The van der Waals surface area contributed by atoms with Crippen LogP contribution in [0.4, 0.5) is 5.69 Å². The summed E-state index contributed by atoms with van der Waals surface area (Å²) in [6, 6.07) is 14.6. The van der Waals surface area contributed by atoms with Gasteiger partial charge in [0, 0.05) is 55.8 Å². The molecule has 0 spiro atoms. The van der Waals surface area contributed by atoms with Crippen LogP contribution in [0.2, 0.25) is 0 Å². The predicted molar refractivity (Wildman–Crippen MR) is 179 cm³/mol. The molecular formula is C36H46N4O7. The maximum absolute atomic E-state index is 14.3. The second-order valence-electron chi connectivity index (χ2n) is 12.4. The van der Waals surface area contributed by atoms with Crippen molar-refractivity contribution in [1.29, 1.82) is 0 Å². The first-order chi connectivity index (χ1) is 22.5. The number of nitrogens with one attached hydrogen (secondary N) is 1. The molecular weight excluding hydrogens is 600 g/mol. The number of likely N-dealkylation sites (N-methyl/N-ethyl adjacent to an activating group) is 1. The maximum Gasteiger partial charge on any atom is 0.335 e. The molecule has 4 atom stereocenters. The average Bonchev–Trinajstić information content (AvgIpc) is 3.06. The van der Waals surface area contributed by atoms with Crippen LogP contribution >= 0.6 is 0 Å². The van der Waals surface area contributed by atoms with E-state index in [0.29, 0.717) is 48.8 Å². The zero-order valence-electron chi connectivity index (χ0n) is 27.6. The van der Waals surface area contributed by atoms with E-state index < -0.39 is 12.0 Å². The molecule has 0 unspecified atom stereocenters. The molecule has 3 N–H and O–H groups in total. The van der Waals surface area contributed by atoms with Gasteiger partial charge in [-0.2, -0.15) is 0 Å². The minimum absolute atomic E-state index is 0.106. The number of benzene rings is 2. The van der Waals surface area contributed by atoms with Gasteiger partial charge in [-0.15, -0.1) is 0 Å². The number of anilines is 1. The smallest absolute Gasteiger partial charge is 0.335 e. The fourth-order valence-corrected chi connectivity index (χ4v) is 5.61. The monoisotopic (exact) mass is 646 g/mol. The Bertz CT molecular complexity index is 1480. The van der Waals surface area contributed by atoms with Gasteiger partial charge in [0.2, 0.25) is 0 Å². The van der Waals surface area contributed by atoms with Crippen LogP contribution in [-0.2, 0) is 11.3 Å². The summed E-state index contributed by atoms with van der Waals surface area (Å²) in [7, 11) is 1.99. The van der Waals surface area contributed by atoms with Gasteiger partial charge in [-0.3, -0.25) is 19.5 Å². The van der Waals surface area contributed by atoms with Crippen LogP contribution in [0.3, 0.4) is 0 Å². The summed E-state index contributed by atoms with van der Waals surface area (Å²) in [6.07, 6.45) is 5.19. The average molecular weight is 647 g/mol. The number of amides is 2. The number of fused-ring (bicyclic) bond motifs is 1. The molecule has 2 aromatic carbocycles. The van der Waals surface area contributed by atoms with Crippen molar-refractivity contribution in [3.63, 3.8) is 0 Å². The summed E-state index contributed by atoms with van der Waals surface area (Å²) >= 11 is 0. The summed E-state index contributed by atoms with van der Waals surface area (Å²) in [6.45, 7) is 7.63. The molecule has 0 saturated carbocycles. The van der Waals surface area contributed by atoms with Crippen molar-refractivity contribution in [2.24, 2.45) is 5.92 Å². The highest BCUT2D eigenvalue weighted by atomic mass is 16.5. The van der Waals surface area contributed by atoms with Crippen molar-refractivity contribution in [3.05, 3.63) is 89.2 Å². The number of ether oxygens (including phenoxy) is 2. The van der Waals surface area contributed by atoms with Gasteiger partial charge >= 0.3 is 5.97 Å². The Balaban J connectivity index is 1.59. The number of nitrogens with zero attached hydrogens (tertiary/aromatic N) is 3. The third-order valence-corrected chi connectivity index (χ3v) is 8.40. The fourth-order valence-electron chi connectivity index (χ4n) is 5.61. The van der Waals surface area contributed by atoms with Crippen LogP contribution in [0, 0.1) is 5.92 Å². The lowest BCUT2D eigenvalue weighted by molar-refractivity contribution is -0.0177. The summed E-state index contributed by atoms with van der Waals surface area (Å²) < 4.78 is 12.7. The van der Waals surface area contributed by atoms with Crippen LogP contribution in [0.15, 0.2) is 67.0 Å². The molecule has 2 amide bonds. The van der Waals surface area contributed by atoms with E-state index in [1.807, 2.05) is 33.0 Å². The second-order valence-corrected chi connectivity index (χ2v) is 12.4. The lowest BCUT2D eigenvalue weighted by Gasteiger charge is -2.36. The molecule has 0 bridgehead atoms. The Labute approximate surface area is 276 Å². The Morgan fingerprint density at radius 3 is 2.47 bits per heavy atom.